The molecule has 0 aliphatic heterocycles. The monoisotopic (exact) mass is 231 g/mol. The quantitative estimate of drug-likeness (QED) is 0.726. The van der Waals surface area contributed by atoms with Crippen molar-refractivity contribution in [3.05, 3.63) is 42.0 Å². The Bertz CT molecular complexity index is 494. The van der Waals surface area contributed by atoms with E-state index in [1.807, 2.05) is 0 Å². The summed E-state index contributed by atoms with van der Waals surface area (Å²) < 4.78 is 0. The third kappa shape index (κ3) is 2.60. The van der Waals surface area contributed by atoms with Crippen LogP contribution in [0.4, 0.5) is 5.69 Å². The van der Waals surface area contributed by atoms with Gasteiger partial charge in [0.05, 0.1) is 23.6 Å². The average molecular weight is 231 g/mol. The summed E-state index contributed by atoms with van der Waals surface area (Å²) in [6.07, 6.45) is 6.62. The molecule has 2 aromatic heterocycles. The third-order valence-electron chi connectivity index (χ3n) is 2.34. The van der Waals surface area contributed by atoms with Gasteiger partial charge >= 0.3 is 0 Å². The van der Waals surface area contributed by atoms with E-state index in [2.05, 4.69) is 25.8 Å². The van der Waals surface area contributed by atoms with Crippen molar-refractivity contribution in [2.75, 3.05) is 12.4 Å². The molecule has 0 aromatic carbocycles. The highest BCUT2D eigenvalue weighted by atomic mass is 16.1. The molecule has 6 nitrogen and oxygen atoms in total. The van der Waals surface area contributed by atoms with Crippen molar-refractivity contribution in [2.45, 2.75) is 6.54 Å². The largest absolute Gasteiger partial charge is 0.386 e. The minimum absolute atomic E-state index is 0.141. The molecule has 0 fully saturated rings. The number of aromatic amines is 1. The van der Waals surface area contributed by atoms with Crippen molar-refractivity contribution >= 4 is 11.6 Å². The van der Waals surface area contributed by atoms with Crippen LogP contribution in [0.25, 0.3) is 0 Å². The smallest absolute Gasteiger partial charge is 0.253 e. The molecule has 0 aliphatic rings. The van der Waals surface area contributed by atoms with Crippen LogP contribution in [-0.2, 0) is 6.54 Å². The van der Waals surface area contributed by atoms with Gasteiger partial charge in [-0.25, -0.2) is 0 Å². The molecular weight excluding hydrogens is 218 g/mol. The van der Waals surface area contributed by atoms with Crippen LogP contribution in [0.5, 0.6) is 0 Å². The van der Waals surface area contributed by atoms with E-state index in [1.54, 1.807) is 37.9 Å². The highest BCUT2D eigenvalue weighted by Gasteiger charge is 2.09. The molecule has 2 heterocycles. The Morgan fingerprint density at radius 2 is 2.35 bits per heavy atom. The number of H-pyrrole nitrogens is 1. The Kier molecular flexibility index (Phi) is 3.34. The van der Waals surface area contributed by atoms with E-state index in [0.29, 0.717) is 17.8 Å². The van der Waals surface area contributed by atoms with Crippen molar-refractivity contribution in [1.29, 1.82) is 0 Å². The predicted molar refractivity (Wildman–Crippen MR) is 63.5 cm³/mol. The molecule has 0 bridgehead atoms. The lowest BCUT2D eigenvalue weighted by molar-refractivity contribution is 0.0951. The van der Waals surface area contributed by atoms with E-state index >= 15 is 0 Å². The molecule has 0 radical (unpaired) electrons. The van der Waals surface area contributed by atoms with Crippen molar-refractivity contribution < 1.29 is 4.79 Å². The number of pyridine rings is 1. The SMILES string of the molecule is CNc1cnccc1C(=O)NCc1cn[nH]c1. The number of rotatable bonds is 4. The van der Waals surface area contributed by atoms with Gasteiger partial charge in [0, 0.05) is 31.5 Å². The second kappa shape index (κ2) is 5.11. The fraction of sp³-hybridized carbons (Fsp3) is 0.182. The second-order valence-corrected chi connectivity index (χ2v) is 3.46. The van der Waals surface area contributed by atoms with Crippen LogP contribution >= 0.6 is 0 Å². The lowest BCUT2D eigenvalue weighted by atomic mass is 10.2. The van der Waals surface area contributed by atoms with E-state index in [1.165, 1.54) is 0 Å². The number of amides is 1. The summed E-state index contributed by atoms with van der Waals surface area (Å²) in [5.74, 6) is -0.141. The minimum Gasteiger partial charge on any atom is -0.386 e. The van der Waals surface area contributed by atoms with Gasteiger partial charge in [0.25, 0.3) is 5.91 Å². The second-order valence-electron chi connectivity index (χ2n) is 3.46. The minimum atomic E-state index is -0.141. The van der Waals surface area contributed by atoms with Crippen molar-refractivity contribution in [3.8, 4) is 0 Å². The molecule has 2 rings (SSSR count). The molecule has 0 unspecified atom stereocenters. The van der Waals surface area contributed by atoms with E-state index in [9.17, 15) is 4.79 Å². The molecule has 88 valence electrons. The summed E-state index contributed by atoms with van der Waals surface area (Å²) in [4.78, 5) is 15.9. The summed E-state index contributed by atoms with van der Waals surface area (Å²) in [5.41, 5.74) is 2.21. The first-order chi connectivity index (χ1) is 8.31. The molecule has 0 spiro atoms. The highest BCUT2D eigenvalue weighted by molar-refractivity contribution is 5.99. The van der Waals surface area contributed by atoms with Gasteiger partial charge in [-0.3, -0.25) is 14.9 Å². The van der Waals surface area contributed by atoms with Crippen LogP contribution in [-0.4, -0.2) is 28.1 Å². The maximum atomic E-state index is 11.9. The molecular formula is C11H13N5O. The van der Waals surface area contributed by atoms with Gasteiger partial charge < -0.3 is 10.6 Å². The summed E-state index contributed by atoms with van der Waals surface area (Å²) in [6.45, 7) is 0.445. The Morgan fingerprint density at radius 3 is 3.06 bits per heavy atom. The van der Waals surface area contributed by atoms with E-state index in [0.717, 1.165) is 5.56 Å². The van der Waals surface area contributed by atoms with Crippen LogP contribution in [0.2, 0.25) is 0 Å². The molecule has 2 aromatic rings. The van der Waals surface area contributed by atoms with Gasteiger partial charge in [0.2, 0.25) is 0 Å². The molecule has 6 heteroatoms. The summed E-state index contributed by atoms with van der Waals surface area (Å²) >= 11 is 0. The first kappa shape index (κ1) is 11.1. The van der Waals surface area contributed by atoms with Gasteiger partial charge in [-0.15, -0.1) is 0 Å². The van der Waals surface area contributed by atoms with Gasteiger partial charge in [0.1, 0.15) is 0 Å². The summed E-state index contributed by atoms with van der Waals surface area (Å²) in [7, 11) is 1.75. The number of nitrogens with one attached hydrogen (secondary N) is 3. The number of carbonyl (C=O) groups is 1. The van der Waals surface area contributed by atoms with Gasteiger partial charge in [-0.2, -0.15) is 5.10 Å². The first-order valence-electron chi connectivity index (χ1n) is 5.19. The lowest BCUT2D eigenvalue weighted by Gasteiger charge is -2.08. The molecule has 0 saturated carbocycles. The molecule has 1 amide bonds. The molecule has 0 saturated heterocycles. The topological polar surface area (TPSA) is 82.7 Å². The highest BCUT2D eigenvalue weighted by Crippen LogP contribution is 2.12. The predicted octanol–water partition coefficient (Wildman–Crippen LogP) is 0.776. The summed E-state index contributed by atoms with van der Waals surface area (Å²) in [6, 6.07) is 1.68. The van der Waals surface area contributed by atoms with E-state index < -0.39 is 0 Å². The lowest BCUT2D eigenvalue weighted by Crippen LogP contribution is -2.23. The number of nitrogens with zero attached hydrogens (tertiary/aromatic N) is 2. The average Bonchev–Trinajstić information content (AvgIpc) is 2.89. The fourth-order valence-electron chi connectivity index (χ4n) is 1.44. The number of carbonyl (C=O) groups excluding carboxylic acids is 1. The van der Waals surface area contributed by atoms with Gasteiger partial charge in [0.15, 0.2) is 0 Å². The standard InChI is InChI=1S/C11H13N5O/c1-12-10-7-13-3-2-9(10)11(17)14-4-8-5-15-16-6-8/h2-3,5-7,12H,4H2,1H3,(H,14,17)(H,15,16). The molecule has 0 atom stereocenters. The van der Waals surface area contributed by atoms with Crippen molar-refractivity contribution in [1.82, 2.24) is 20.5 Å². The Hall–Kier alpha value is -2.37. The zero-order chi connectivity index (χ0) is 12.1. The van der Waals surface area contributed by atoms with Gasteiger partial charge in [-0.1, -0.05) is 0 Å². The number of hydrogen-bond acceptors (Lipinski definition) is 4. The van der Waals surface area contributed by atoms with Crippen LogP contribution in [0.15, 0.2) is 30.9 Å². The van der Waals surface area contributed by atoms with Crippen molar-refractivity contribution in [3.63, 3.8) is 0 Å². The van der Waals surface area contributed by atoms with Crippen LogP contribution in [0, 0.1) is 0 Å². The molecule has 3 N–H and O–H groups in total. The zero-order valence-electron chi connectivity index (χ0n) is 9.40. The molecule has 0 aliphatic carbocycles. The van der Waals surface area contributed by atoms with Crippen LogP contribution in [0.3, 0.4) is 0 Å². The number of hydrogen-bond donors (Lipinski definition) is 3. The van der Waals surface area contributed by atoms with E-state index in [4.69, 9.17) is 0 Å². The number of anilines is 1. The van der Waals surface area contributed by atoms with E-state index in [-0.39, 0.29) is 5.91 Å². The Labute approximate surface area is 98.5 Å². The molecule has 17 heavy (non-hydrogen) atoms. The third-order valence-corrected chi connectivity index (χ3v) is 2.34. The summed E-state index contributed by atoms with van der Waals surface area (Å²) in [5, 5.41) is 12.2. The maximum absolute atomic E-state index is 11.9. The van der Waals surface area contributed by atoms with Crippen molar-refractivity contribution in [2.24, 2.45) is 0 Å². The Balaban J connectivity index is 2.04. The fourth-order valence-corrected chi connectivity index (χ4v) is 1.44. The maximum Gasteiger partial charge on any atom is 0.253 e. The van der Waals surface area contributed by atoms with Crippen LogP contribution in [0.1, 0.15) is 15.9 Å². The Morgan fingerprint density at radius 1 is 1.47 bits per heavy atom. The zero-order valence-corrected chi connectivity index (χ0v) is 9.40. The normalized spacial score (nSPS) is 9.94. The number of aromatic nitrogens is 3. The van der Waals surface area contributed by atoms with Crippen LogP contribution < -0.4 is 10.6 Å². The first-order valence-corrected chi connectivity index (χ1v) is 5.19. The van der Waals surface area contributed by atoms with Gasteiger partial charge in [-0.05, 0) is 6.07 Å².